The first-order valence-corrected chi connectivity index (χ1v) is 10.3. The molecule has 4 aromatic rings. The molecule has 0 aliphatic rings. The van der Waals surface area contributed by atoms with E-state index >= 15 is 0 Å². The number of pyridine rings is 1. The van der Waals surface area contributed by atoms with Crippen LogP contribution in [-0.4, -0.2) is 35.9 Å². The van der Waals surface area contributed by atoms with E-state index < -0.39 is 29.4 Å². The highest BCUT2D eigenvalue weighted by atomic mass is 32.1. The van der Waals surface area contributed by atoms with Gasteiger partial charge in [0, 0.05) is 17.3 Å². The third kappa shape index (κ3) is 4.69. The molecule has 4 aromatic heterocycles. The predicted molar refractivity (Wildman–Crippen MR) is 110 cm³/mol. The average Bonchev–Trinajstić information content (AvgIpc) is 3.23. The fraction of sp³-hybridized carbons (Fsp3) is 0.263. The van der Waals surface area contributed by atoms with Gasteiger partial charge < -0.3 is 10.1 Å². The van der Waals surface area contributed by atoms with Crippen molar-refractivity contribution in [2.45, 2.75) is 26.2 Å². The van der Waals surface area contributed by atoms with Crippen molar-refractivity contribution in [2.24, 2.45) is 0 Å². The second-order valence-electron chi connectivity index (χ2n) is 6.78. The summed E-state index contributed by atoms with van der Waals surface area (Å²) in [6, 6.07) is 1.52. The van der Waals surface area contributed by atoms with Gasteiger partial charge in [0.25, 0.3) is 0 Å². The van der Waals surface area contributed by atoms with Crippen LogP contribution in [0.15, 0.2) is 23.8 Å². The van der Waals surface area contributed by atoms with E-state index in [2.05, 4.69) is 34.6 Å². The number of alkyl halides is 6. The van der Waals surface area contributed by atoms with Gasteiger partial charge in [0.15, 0.2) is 5.65 Å². The molecule has 0 atom stereocenters. The monoisotopic (exact) mass is 501 g/mol. The zero-order chi connectivity index (χ0) is 24.7. The van der Waals surface area contributed by atoms with Crippen molar-refractivity contribution in [1.29, 1.82) is 0 Å². The molecule has 0 saturated heterocycles. The number of aromatic nitrogens is 6. The second-order valence-corrected chi connectivity index (χ2v) is 7.41. The number of halogens is 6. The lowest BCUT2D eigenvalue weighted by atomic mass is 10.2. The lowest BCUT2D eigenvalue weighted by Gasteiger charge is -2.14. The van der Waals surface area contributed by atoms with Crippen molar-refractivity contribution in [1.82, 2.24) is 29.3 Å². The molecule has 0 bridgehead atoms. The molecule has 0 radical (unpaired) electrons. The Morgan fingerprint density at radius 2 is 1.71 bits per heavy atom. The lowest BCUT2D eigenvalue weighted by Crippen LogP contribution is -2.12. The molecular weight excluding hydrogens is 488 g/mol. The third-order valence-electron chi connectivity index (χ3n) is 4.35. The number of nitrogens with one attached hydrogen (secondary N) is 1. The van der Waals surface area contributed by atoms with Crippen molar-refractivity contribution >= 4 is 34.3 Å². The number of hydrogen-bond donors (Lipinski definition) is 1. The van der Waals surface area contributed by atoms with Crippen LogP contribution < -0.4 is 10.1 Å². The molecule has 0 unspecified atom stereocenters. The highest BCUT2D eigenvalue weighted by molar-refractivity contribution is 7.04. The molecule has 1 N–H and O–H groups in total. The van der Waals surface area contributed by atoms with Crippen molar-refractivity contribution in [3.8, 4) is 17.3 Å². The van der Waals surface area contributed by atoms with E-state index in [1.807, 2.05) is 0 Å². The van der Waals surface area contributed by atoms with Gasteiger partial charge in [-0.3, -0.25) is 0 Å². The van der Waals surface area contributed by atoms with Gasteiger partial charge in [0.1, 0.15) is 22.5 Å². The van der Waals surface area contributed by atoms with Crippen molar-refractivity contribution in [3.05, 3.63) is 40.7 Å². The number of nitrogens with zero attached hydrogens (tertiary/aromatic N) is 6. The molecule has 0 aliphatic carbocycles. The molecule has 0 aliphatic heterocycles. The number of rotatable bonds is 5. The molecular formula is C19H13F6N7OS. The summed E-state index contributed by atoms with van der Waals surface area (Å²) >= 11 is 0.630. The van der Waals surface area contributed by atoms with Crippen LogP contribution in [0.2, 0.25) is 0 Å². The largest absolute Gasteiger partial charge is 0.477 e. The summed E-state index contributed by atoms with van der Waals surface area (Å²) in [5.74, 6) is -0.868. The summed E-state index contributed by atoms with van der Waals surface area (Å²) in [5.41, 5.74) is -1.81. The van der Waals surface area contributed by atoms with Gasteiger partial charge in [-0.05, 0) is 31.4 Å². The van der Waals surface area contributed by atoms with Crippen LogP contribution in [0.25, 0.3) is 22.6 Å². The van der Waals surface area contributed by atoms with Crippen LogP contribution in [-0.2, 0) is 12.4 Å². The fourth-order valence-electron chi connectivity index (χ4n) is 2.94. The van der Waals surface area contributed by atoms with Gasteiger partial charge >= 0.3 is 12.4 Å². The van der Waals surface area contributed by atoms with Crippen molar-refractivity contribution in [2.75, 3.05) is 11.9 Å². The lowest BCUT2D eigenvalue weighted by molar-refractivity contribution is -0.139. The van der Waals surface area contributed by atoms with Gasteiger partial charge in [-0.15, -0.1) is 0 Å². The second kappa shape index (κ2) is 8.62. The Kier molecular flexibility index (Phi) is 5.97. The number of ether oxygens (including phenoxy) is 1. The molecule has 8 nitrogen and oxygen atoms in total. The van der Waals surface area contributed by atoms with E-state index in [9.17, 15) is 26.3 Å². The first-order valence-electron chi connectivity index (χ1n) is 9.47. The number of hydrogen-bond acceptors (Lipinski definition) is 9. The quantitative estimate of drug-likeness (QED) is 0.362. The summed E-state index contributed by atoms with van der Waals surface area (Å²) in [7, 11) is 0. The standard InChI is InChI=1S/C19H13F6N7OS/c1-3-33-16-9(18(20,21)22)5-27-17(31-16)30-11-4-8(2)28-15-14(11)26-6-12(29-15)13-10(7-34-32-13)19(23,24)25/h4-7H,3H2,1-2H3,(H,27,28,29,30,31). The van der Waals surface area contributed by atoms with Crippen molar-refractivity contribution in [3.63, 3.8) is 0 Å². The minimum absolute atomic E-state index is 0.00179. The zero-order valence-corrected chi connectivity index (χ0v) is 18.1. The van der Waals surface area contributed by atoms with Crippen LogP contribution in [0.3, 0.4) is 0 Å². The van der Waals surface area contributed by atoms with Gasteiger partial charge in [0.05, 0.1) is 24.1 Å². The summed E-state index contributed by atoms with van der Waals surface area (Å²) in [4.78, 5) is 20.0. The van der Waals surface area contributed by atoms with Crippen LogP contribution in [0.1, 0.15) is 23.7 Å². The minimum Gasteiger partial charge on any atom is -0.477 e. The molecule has 0 amide bonds. The predicted octanol–water partition coefficient (Wildman–Crippen LogP) is 5.43. The van der Waals surface area contributed by atoms with Crippen LogP contribution >= 0.6 is 11.5 Å². The Hall–Kier alpha value is -3.62. The van der Waals surface area contributed by atoms with E-state index in [0.717, 1.165) is 11.6 Å². The zero-order valence-electron chi connectivity index (χ0n) is 17.3. The van der Waals surface area contributed by atoms with Crippen LogP contribution in [0.5, 0.6) is 5.88 Å². The number of fused-ring (bicyclic) bond motifs is 1. The molecule has 0 saturated carbocycles. The summed E-state index contributed by atoms with van der Waals surface area (Å²) in [6.45, 7) is 3.05. The summed E-state index contributed by atoms with van der Waals surface area (Å²) in [5, 5.41) is 3.62. The SMILES string of the molecule is CCOc1nc(Nc2cc(C)nc3nc(-c4nscc4C(F)(F)F)cnc23)ncc1C(F)(F)F. The number of anilines is 2. The number of aryl methyl sites for hydroxylation is 1. The normalized spacial score (nSPS) is 12.2. The molecule has 0 fully saturated rings. The Labute approximate surface area is 191 Å². The maximum atomic E-state index is 13.2. The maximum absolute atomic E-state index is 13.2. The summed E-state index contributed by atoms with van der Waals surface area (Å²) in [6.07, 6.45) is -7.64. The fourth-order valence-corrected chi connectivity index (χ4v) is 3.64. The van der Waals surface area contributed by atoms with E-state index in [4.69, 9.17) is 4.74 Å². The Morgan fingerprint density at radius 1 is 0.971 bits per heavy atom. The topological polar surface area (TPSA) is 98.6 Å². The minimum atomic E-state index is -4.71. The van der Waals surface area contributed by atoms with E-state index in [1.165, 1.54) is 13.0 Å². The molecule has 178 valence electrons. The molecule has 0 aromatic carbocycles. The average molecular weight is 501 g/mol. The van der Waals surface area contributed by atoms with Crippen LogP contribution in [0.4, 0.5) is 38.0 Å². The van der Waals surface area contributed by atoms with Gasteiger partial charge in [0.2, 0.25) is 11.8 Å². The third-order valence-corrected chi connectivity index (χ3v) is 4.98. The summed E-state index contributed by atoms with van der Waals surface area (Å²) < 4.78 is 88.0. The van der Waals surface area contributed by atoms with Gasteiger partial charge in [-0.25, -0.2) is 19.9 Å². The first kappa shape index (κ1) is 23.5. The molecule has 4 rings (SSSR count). The van der Waals surface area contributed by atoms with E-state index in [-0.39, 0.29) is 40.8 Å². The molecule has 15 heteroatoms. The van der Waals surface area contributed by atoms with E-state index in [1.54, 1.807) is 6.92 Å². The highest BCUT2D eigenvalue weighted by Crippen LogP contribution is 2.38. The molecule has 4 heterocycles. The van der Waals surface area contributed by atoms with Crippen molar-refractivity contribution < 1.29 is 31.1 Å². The van der Waals surface area contributed by atoms with Gasteiger partial charge in [-0.1, -0.05) is 0 Å². The molecule has 0 spiro atoms. The van der Waals surface area contributed by atoms with Gasteiger partial charge in [-0.2, -0.15) is 35.7 Å². The molecule has 34 heavy (non-hydrogen) atoms. The van der Waals surface area contributed by atoms with Crippen LogP contribution in [0, 0.1) is 6.92 Å². The highest BCUT2D eigenvalue weighted by Gasteiger charge is 2.37. The van der Waals surface area contributed by atoms with E-state index in [0.29, 0.717) is 23.4 Å². The first-order chi connectivity index (χ1) is 16.0. The smallest absolute Gasteiger partial charge is 0.423 e. The maximum Gasteiger partial charge on any atom is 0.423 e. The Morgan fingerprint density at radius 3 is 2.38 bits per heavy atom. The Balaban J connectivity index is 1.75. The Bertz CT molecular complexity index is 1360.